The summed E-state index contributed by atoms with van der Waals surface area (Å²) in [5.74, 6) is 1.53. The second-order valence-electron chi connectivity index (χ2n) is 4.88. The summed E-state index contributed by atoms with van der Waals surface area (Å²) >= 11 is 1.56. The number of ether oxygens (including phenoxy) is 1. The van der Waals surface area contributed by atoms with Crippen molar-refractivity contribution < 1.29 is 9.47 Å². The minimum absolute atomic E-state index is 0.425. The van der Waals surface area contributed by atoms with E-state index in [1.54, 1.807) is 17.8 Å². The highest BCUT2D eigenvalue weighted by molar-refractivity contribution is 7.99. The van der Waals surface area contributed by atoms with Crippen LogP contribution in [0.2, 0.25) is 0 Å². The summed E-state index contributed by atoms with van der Waals surface area (Å²) in [7, 11) is 0. The van der Waals surface area contributed by atoms with E-state index in [-0.39, 0.29) is 0 Å². The van der Waals surface area contributed by atoms with Crippen LogP contribution in [0.15, 0.2) is 29.4 Å². The van der Waals surface area contributed by atoms with Crippen LogP contribution in [0.5, 0.6) is 0 Å². The second kappa shape index (κ2) is 7.00. The lowest BCUT2D eigenvalue weighted by molar-refractivity contribution is -0.645. The molecule has 1 heterocycles. The molecule has 2 atom stereocenters. The molecule has 1 aliphatic rings. The Morgan fingerprint density at radius 2 is 2.22 bits per heavy atom. The monoisotopic (exact) mass is 267 g/mol. The van der Waals surface area contributed by atoms with Gasteiger partial charge in [0.25, 0.3) is 5.03 Å². The molecule has 0 bridgehead atoms. The zero-order chi connectivity index (χ0) is 12.8. The van der Waals surface area contributed by atoms with E-state index in [4.69, 9.17) is 4.74 Å². The third-order valence-electron chi connectivity index (χ3n) is 3.49. The van der Waals surface area contributed by atoms with Crippen LogP contribution >= 0.6 is 11.8 Å². The van der Waals surface area contributed by atoms with Gasteiger partial charge < -0.3 is 9.94 Å². The molecule has 1 aromatic rings. The normalized spacial score (nSPS) is 24.1. The van der Waals surface area contributed by atoms with Crippen LogP contribution in [-0.4, -0.2) is 18.5 Å². The molecule has 0 aromatic carbocycles. The Morgan fingerprint density at radius 3 is 3.00 bits per heavy atom. The molecule has 1 saturated carbocycles. The maximum Gasteiger partial charge on any atom is 0.251 e. The fraction of sp³-hybridized carbons (Fsp3) is 0.643. The quantitative estimate of drug-likeness (QED) is 0.356. The molecular formula is C14H21NO2S. The predicted octanol–water partition coefficient (Wildman–Crippen LogP) is 3.01. The second-order valence-corrected chi connectivity index (χ2v) is 6.00. The van der Waals surface area contributed by atoms with Crippen molar-refractivity contribution in [2.24, 2.45) is 5.92 Å². The van der Waals surface area contributed by atoms with Gasteiger partial charge >= 0.3 is 0 Å². The van der Waals surface area contributed by atoms with Crippen molar-refractivity contribution in [2.75, 3.05) is 12.4 Å². The molecule has 0 saturated heterocycles. The molecule has 0 spiro atoms. The largest absolute Gasteiger partial charge is 0.618 e. The van der Waals surface area contributed by atoms with Gasteiger partial charge in [0.1, 0.15) is 0 Å². The van der Waals surface area contributed by atoms with E-state index < -0.39 is 0 Å². The summed E-state index contributed by atoms with van der Waals surface area (Å²) in [6.45, 7) is 3.01. The fourth-order valence-electron chi connectivity index (χ4n) is 2.40. The molecule has 18 heavy (non-hydrogen) atoms. The minimum atomic E-state index is 0.425. The van der Waals surface area contributed by atoms with Gasteiger partial charge in [-0.05, 0) is 24.8 Å². The number of nitrogens with zero attached hydrogens (tertiary/aromatic N) is 1. The van der Waals surface area contributed by atoms with Crippen molar-refractivity contribution in [3.05, 3.63) is 29.6 Å². The fourth-order valence-corrected chi connectivity index (χ4v) is 3.15. The van der Waals surface area contributed by atoms with Crippen molar-refractivity contribution in [2.45, 2.75) is 43.7 Å². The van der Waals surface area contributed by atoms with Crippen LogP contribution in [0.4, 0.5) is 0 Å². The SMILES string of the molecule is C[C@H]1CCCC[C@@H]1OCCSc1cccc[n+]1[O-]. The molecule has 0 unspecified atom stereocenters. The average molecular weight is 267 g/mol. The summed E-state index contributed by atoms with van der Waals surface area (Å²) in [5.41, 5.74) is 0. The summed E-state index contributed by atoms with van der Waals surface area (Å²) in [4.78, 5) is 0. The number of thioether (sulfide) groups is 1. The van der Waals surface area contributed by atoms with Gasteiger partial charge in [-0.1, -0.05) is 31.5 Å². The van der Waals surface area contributed by atoms with Gasteiger partial charge in [-0.2, -0.15) is 4.73 Å². The van der Waals surface area contributed by atoms with Gasteiger partial charge in [0, 0.05) is 17.9 Å². The lowest BCUT2D eigenvalue weighted by Gasteiger charge is -2.28. The maximum absolute atomic E-state index is 11.4. The van der Waals surface area contributed by atoms with Crippen molar-refractivity contribution in [1.82, 2.24) is 0 Å². The van der Waals surface area contributed by atoms with Gasteiger partial charge in [-0.25, -0.2) is 0 Å². The molecule has 3 nitrogen and oxygen atoms in total. The van der Waals surface area contributed by atoms with E-state index >= 15 is 0 Å². The number of pyridine rings is 1. The highest BCUT2D eigenvalue weighted by atomic mass is 32.2. The van der Waals surface area contributed by atoms with E-state index in [9.17, 15) is 5.21 Å². The average Bonchev–Trinajstić information content (AvgIpc) is 2.38. The zero-order valence-corrected chi connectivity index (χ0v) is 11.7. The minimum Gasteiger partial charge on any atom is -0.618 e. The molecule has 0 aliphatic heterocycles. The summed E-state index contributed by atoms with van der Waals surface area (Å²) in [6, 6.07) is 5.49. The first-order valence-corrected chi connectivity index (χ1v) is 7.68. The smallest absolute Gasteiger partial charge is 0.251 e. The van der Waals surface area contributed by atoms with Gasteiger partial charge in [0.05, 0.1) is 12.7 Å². The molecule has 100 valence electrons. The number of rotatable bonds is 5. The van der Waals surface area contributed by atoms with E-state index in [1.807, 2.05) is 12.1 Å². The third-order valence-corrected chi connectivity index (χ3v) is 4.47. The standard InChI is InChI=1S/C14H21NO2S/c1-12-6-2-3-7-13(12)17-10-11-18-14-8-4-5-9-15(14)16/h4-5,8-9,12-13H,2-3,6-7,10-11H2,1H3/t12-,13-/m0/s1. The Labute approximate surface area is 113 Å². The Bertz CT molecular complexity index is 373. The molecule has 4 heteroatoms. The first kappa shape index (κ1) is 13.7. The van der Waals surface area contributed by atoms with Gasteiger partial charge in [0.15, 0.2) is 6.20 Å². The van der Waals surface area contributed by atoms with Gasteiger partial charge in [-0.3, -0.25) is 0 Å². The van der Waals surface area contributed by atoms with Crippen molar-refractivity contribution in [1.29, 1.82) is 0 Å². The number of aromatic nitrogens is 1. The third kappa shape index (κ3) is 3.89. The van der Waals surface area contributed by atoms with Crippen molar-refractivity contribution in [3.63, 3.8) is 0 Å². The molecule has 0 radical (unpaired) electrons. The number of hydrogen-bond donors (Lipinski definition) is 0. The molecule has 1 aliphatic carbocycles. The van der Waals surface area contributed by atoms with E-state index in [2.05, 4.69) is 6.92 Å². The lowest BCUT2D eigenvalue weighted by atomic mass is 9.88. The van der Waals surface area contributed by atoms with Gasteiger partial charge in [-0.15, -0.1) is 0 Å². The van der Waals surface area contributed by atoms with Gasteiger partial charge in [0.2, 0.25) is 0 Å². The Balaban J connectivity index is 1.68. The summed E-state index contributed by atoms with van der Waals surface area (Å²) in [6.07, 6.45) is 7.08. The molecule has 1 aromatic heterocycles. The highest BCUT2D eigenvalue weighted by Crippen LogP contribution is 2.26. The van der Waals surface area contributed by atoms with Crippen molar-refractivity contribution >= 4 is 11.8 Å². The summed E-state index contributed by atoms with van der Waals surface area (Å²) in [5, 5.41) is 12.2. The van der Waals surface area contributed by atoms with Crippen LogP contribution in [0.3, 0.4) is 0 Å². The first-order valence-electron chi connectivity index (χ1n) is 6.70. The highest BCUT2D eigenvalue weighted by Gasteiger charge is 2.21. The van der Waals surface area contributed by atoms with Crippen LogP contribution in [-0.2, 0) is 4.74 Å². The van der Waals surface area contributed by atoms with Crippen LogP contribution in [0, 0.1) is 11.1 Å². The van der Waals surface area contributed by atoms with Crippen LogP contribution in [0.25, 0.3) is 0 Å². The van der Waals surface area contributed by atoms with Crippen LogP contribution in [0.1, 0.15) is 32.6 Å². The Morgan fingerprint density at radius 1 is 1.39 bits per heavy atom. The predicted molar refractivity (Wildman–Crippen MR) is 73.5 cm³/mol. The van der Waals surface area contributed by atoms with Crippen LogP contribution < -0.4 is 4.73 Å². The Kier molecular flexibility index (Phi) is 5.32. The van der Waals surface area contributed by atoms with Crippen molar-refractivity contribution in [3.8, 4) is 0 Å². The zero-order valence-electron chi connectivity index (χ0n) is 10.9. The van der Waals surface area contributed by atoms with E-state index in [0.29, 0.717) is 12.0 Å². The molecular weight excluding hydrogens is 246 g/mol. The first-order chi connectivity index (χ1) is 8.77. The summed E-state index contributed by atoms with van der Waals surface area (Å²) < 4.78 is 6.84. The topological polar surface area (TPSA) is 36.2 Å². The molecule has 0 amide bonds. The lowest BCUT2D eigenvalue weighted by Crippen LogP contribution is -2.28. The number of hydrogen-bond acceptors (Lipinski definition) is 3. The van der Waals surface area contributed by atoms with E-state index in [1.165, 1.54) is 31.9 Å². The Hall–Kier alpha value is -0.740. The molecule has 1 fully saturated rings. The maximum atomic E-state index is 11.4. The molecule has 0 N–H and O–H groups in total. The molecule has 2 rings (SSSR count). The van der Waals surface area contributed by atoms with E-state index in [0.717, 1.165) is 22.1 Å².